The summed E-state index contributed by atoms with van der Waals surface area (Å²) in [6.07, 6.45) is 0.121. The molecule has 0 heterocycles. The van der Waals surface area contributed by atoms with Crippen LogP contribution in [0.3, 0.4) is 0 Å². The van der Waals surface area contributed by atoms with E-state index >= 15 is 0 Å². The van der Waals surface area contributed by atoms with Gasteiger partial charge < -0.3 is 26.4 Å². The van der Waals surface area contributed by atoms with E-state index in [2.05, 4.69) is 21.3 Å². The normalized spacial score (nSPS) is 11.1. The van der Waals surface area contributed by atoms with Gasteiger partial charge in [0.1, 0.15) is 6.04 Å². The molecule has 4 amide bonds. The Morgan fingerprint density at radius 1 is 0.771 bits per heavy atom. The van der Waals surface area contributed by atoms with E-state index in [1.54, 1.807) is 36.4 Å². The van der Waals surface area contributed by atoms with E-state index < -0.39 is 36.4 Å². The highest BCUT2D eigenvalue weighted by Crippen LogP contribution is 2.11. The lowest BCUT2D eigenvalue weighted by atomic mass is 10.1. The topological polar surface area (TPSA) is 137 Å². The molecule has 3 aromatic carbocycles. The van der Waals surface area contributed by atoms with Crippen molar-refractivity contribution in [1.82, 2.24) is 16.0 Å². The van der Waals surface area contributed by atoms with Crippen molar-refractivity contribution in [3.63, 3.8) is 0 Å². The van der Waals surface area contributed by atoms with Crippen molar-refractivity contribution in [2.24, 2.45) is 0 Å². The molecule has 3 rings (SSSR count). The largest absolute Gasteiger partial charge is 0.480 e. The first-order chi connectivity index (χ1) is 16.9. The van der Waals surface area contributed by atoms with Gasteiger partial charge in [-0.15, -0.1) is 0 Å². The molecule has 35 heavy (non-hydrogen) atoms. The lowest BCUT2D eigenvalue weighted by Crippen LogP contribution is -2.46. The highest BCUT2D eigenvalue weighted by atomic mass is 16.4. The Labute approximate surface area is 202 Å². The molecule has 0 aliphatic heterocycles. The Morgan fingerprint density at radius 3 is 2.09 bits per heavy atom. The van der Waals surface area contributed by atoms with Gasteiger partial charge in [-0.05, 0) is 29.3 Å². The second-order valence-corrected chi connectivity index (χ2v) is 7.70. The molecule has 0 aromatic heterocycles. The van der Waals surface area contributed by atoms with Gasteiger partial charge in [0.2, 0.25) is 5.91 Å². The maximum absolute atomic E-state index is 12.5. The van der Waals surface area contributed by atoms with Crippen molar-refractivity contribution in [2.75, 3.05) is 11.9 Å². The smallest absolute Gasteiger partial charge is 0.326 e. The third-order valence-corrected chi connectivity index (χ3v) is 5.00. The van der Waals surface area contributed by atoms with E-state index in [-0.39, 0.29) is 12.0 Å². The molecule has 180 valence electrons. The fraction of sp³-hybridized carbons (Fsp3) is 0.154. The Morgan fingerprint density at radius 2 is 1.43 bits per heavy atom. The number of benzene rings is 3. The van der Waals surface area contributed by atoms with E-state index in [9.17, 15) is 24.3 Å². The number of anilines is 1. The van der Waals surface area contributed by atoms with Crippen LogP contribution in [0, 0.1) is 0 Å². The van der Waals surface area contributed by atoms with E-state index in [1.807, 2.05) is 36.4 Å². The van der Waals surface area contributed by atoms with Crippen molar-refractivity contribution in [1.29, 1.82) is 0 Å². The number of hydrogen-bond acceptors (Lipinski definition) is 4. The molecule has 0 spiro atoms. The van der Waals surface area contributed by atoms with Crippen LogP contribution in [0.2, 0.25) is 0 Å². The molecule has 0 aliphatic carbocycles. The van der Waals surface area contributed by atoms with E-state index in [0.29, 0.717) is 12.2 Å². The van der Waals surface area contributed by atoms with E-state index in [1.165, 1.54) is 12.1 Å². The molecule has 1 unspecified atom stereocenters. The molecular weight excluding hydrogens is 448 g/mol. The van der Waals surface area contributed by atoms with Crippen LogP contribution in [-0.4, -0.2) is 41.5 Å². The molecule has 0 radical (unpaired) electrons. The van der Waals surface area contributed by atoms with Gasteiger partial charge in [-0.2, -0.15) is 0 Å². The van der Waals surface area contributed by atoms with Gasteiger partial charge in [-0.1, -0.05) is 66.7 Å². The number of urea groups is 1. The summed E-state index contributed by atoms with van der Waals surface area (Å²) in [7, 11) is 0. The molecule has 5 N–H and O–H groups in total. The Bertz CT molecular complexity index is 1170. The van der Waals surface area contributed by atoms with Crippen molar-refractivity contribution >= 4 is 29.5 Å². The van der Waals surface area contributed by atoms with Gasteiger partial charge in [0.25, 0.3) is 5.91 Å². The van der Waals surface area contributed by atoms with E-state index in [4.69, 9.17) is 0 Å². The highest BCUT2D eigenvalue weighted by molar-refractivity contribution is 5.98. The minimum Gasteiger partial charge on any atom is -0.480 e. The van der Waals surface area contributed by atoms with Crippen LogP contribution < -0.4 is 21.3 Å². The number of rotatable bonds is 10. The summed E-state index contributed by atoms with van der Waals surface area (Å²) in [5, 5.41) is 19.7. The third-order valence-electron chi connectivity index (χ3n) is 5.00. The van der Waals surface area contributed by atoms with Gasteiger partial charge in [0.05, 0.1) is 6.54 Å². The molecular formula is C26H26N4O5. The van der Waals surface area contributed by atoms with Gasteiger partial charge >= 0.3 is 12.0 Å². The van der Waals surface area contributed by atoms with Crippen molar-refractivity contribution in [2.45, 2.75) is 19.0 Å². The van der Waals surface area contributed by atoms with Crippen LogP contribution in [0.5, 0.6) is 0 Å². The first-order valence-electron chi connectivity index (χ1n) is 10.9. The van der Waals surface area contributed by atoms with Crippen LogP contribution in [-0.2, 0) is 22.6 Å². The quantitative estimate of drug-likeness (QED) is 0.308. The molecule has 9 nitrogen and oxygen atoms in total. The molecule has 0 fully saturated rings. The highest BCUT2D eigenvalue weighted by Gasteiger charge is 2.20. The standard InChI is InChI=1S/C26H26N4O5/c31-23(30-22(25(33)34)14-18-8-3-1-4-9-18)17-27-24(32)20-12-7-13-21(15-20)29-26(35)28-16-19-10-5-2-6-11-19/h1-13,15,22H,14,16-17H2,(H,27,32)(H,30,31)(H,33,34)(H2,28,29,35). The van der Waals surface area contributed by atoms with Crippen LogP contribution in [0.1, 0.15) is 21.5 Å². The first-order valence-corrected chi connectivity index (χ1v) is 10.9. The molecule has 3 aromatic rings. The number of amides is 4. The summed E-state index contributed by atoms with van der Waals surface area (Å²) in [5.41, 5.74) is 2.35. The molecule has 0 saturated heterocycles. The number of nitrogens with one attached hydrogen (secondary N) is 4. The van der Waals surface area contributed by atoms with Crippen molar-refractivity contribution in [3.8, 4) is 0 Å². The second kappa shape index (κ2) is 12.5. The molecule has 0 aliphatic rings. The number of hydrogen-bond donors (Lipinski definition) is 5. The Balaban J connectivity index is 1.48. The van der Waals surface area contributed by atoms with Crippen molar-refractivity contribution in [3.05, 3.63) is 102 Å². The van der Waals surface area contributed by atoms with Gasteiger partial charge in [-0.3, -0.25) is 9.59 Å². The monoisotopic (exact) mass is 474 g/mol. The van der Waals surface area contributed by atoms with Gasteiger partial charge in [0.15, 0.2) is 0 Å². The minimum absolute atomic E-state index is 0.121. The van der Waals surface area contributed by atoms with Gasteiger partial charge in [-0.25, -0.2) is 9.59 Å². The average molecular weight is 475 g/mol. The lowest BCUT2D eigenvalue weighted by Gasteiger charge is -2.15. The summed E-state index contributed by atoms with van der Waals surface area (Å²) in [5.74, 6) is -2.34. The summed E-state index contributed by atoms with van der Waals surface area (Å²) in [4.78, 5) is 48.4. The predicted molar refractivity (Wildman–Crippen MR) is 131 cm³/mol. The summed E-state index contributed by atoms with van der Waals surface area (Å²) >= 11 is 0. The van der Waals surface area contributed by atoms with Crippen LogP contribution in [0.15, 0.2) is 84.9 Å². The fourth-order valence-electron chi connectivity index (χ4n) is 3.25. The molecule has 9 heteroatoms. The maximum Gasteiger partial charge on any atom is 0.326 e. The number of carboxylic acids is 1. The Kier molecular flexibility index (Phi) is 8.95. The van der Waals surface area contributed by atoms with Crippen LogP contribution >= 0.6 is 0 Å². The van der Waals surface area contributed by atoms with E-state index in [0.717, 1.165) is 11.1 Å². The second-order valence-electron chi connectivity index (χ2n) is 7.70. The zero-order valence-electron chi connectivity index (χ0n) is 18.9. The summed E-state index contributed by atoms with van der Waals surface area (Å²) < 4.78 is 0. The summed E-state index contributed by atoms with van der Waals surface area (Å²) in [6.45, 7) is -0.0454. The SMILES string of the molecule is O=C(CNC(=O)c1cccc(NC(=O)NCc2ccccc2)c1)NC(Cc1ccccc1)C(=O)O. The minimum atomic E-state index is -1.17. The first kappa shape index (κ1) is 25.0. The number of carboxylic acid groups (broad SMARTS) is 1. The lowest BCUT2D eigenvalue weighted by molar-refractivity contribution is -0.141. The van der Waals surface area contributed by atoms with Crippen LogP contribution in [0.25, 0.3) is 0 Å². The fourth-order valence-corrected chi connectivity index (χ4v) is 3.25. The third kappa shape index (κ3) is 8.32. The van der Waals surface area contributed by atoms with Crippen LogP contribution in [0.4, 0.5) is 10.5 Å². The Hall–Kier alpha value is -4.66. The average Bonchev–Trinajstić information content (AvgIpc) is 2.87. The molecule has 1 atom stereocenters. The number of carbonyl (C=O) groups is 4. The number of aliphatic carboxylic acids is 1. The predicted octanol–water partition coefficient (Wildman–Crippen LogP) is 2.55. The molecule has 0 bridgehead atoms. The van der Waals surface area contributed by atoms with Gasteiger partial charge in [0, 0.05) is 24.2 Å². The maximum atomic E-state index is 12.5. The summed E-state index contributed by atoms with van der Waals surface area (Å²) in [6, 6.07) is 23.0. The zero-order valence-corrected chi connectivity index (χ0v) is 18.9. The molecule has 0 saturated carbocycles. The number of carbonyl (C=O) groups excluding carboxylic acids is 3. The van der Waals surface area contributed by atoms with Crippen molar-refractivity contribution < 1.29 is 24.3 Å². The zero-order chi connectivity index (χ0) is 25.0.